The van der Waals surface area contributed by atoms with Gasteiger partial charge in [-0.1, -0.05) is 0 Å². The maximum Gasteiger partial charge on any atom is 0.141 e. The van der Waals surface area contributed by atoms with Crippen molar-refractivity contribution in [3.05, 3.63) is 36.0 Å². The lowest BCUT2D eigenvalue weighted by Crippen LogP contribution is -2.05. The molecule has 1 aromatic carbocycles. The molecule has 0 aliphatic carbocycles. The van der Waals surface area contributed by atoms with E-state index in [-0.39, 0.29) is 6.10 Å². The van der Waals surface area contributed by atoms with Gasteiger partial charge in [-0.15, -0.1) is 0 Å². The van der Waals surface area contributed by atoms with Crippen LogP contribution in [0, 0.1) is 11.3 Å². The van der Waals surface area contributed by atoms with Gasteiger partial charge in [-0.05, 0) is 44.2 Å². The first-order valence-electron chi connectivity index (χ1n) is 5.16. The van der Waals surface area contributed by atoms with Crippen molar-refractivity contribution in [2.45, 2.75) is 20.0 Å². The number of hydrogen-bond donors (Lipinski definition) is 0. The third-order valence-corrected chi connectivity index (χ3v) is 2.15. The number of fused-ring (bicyclic) bond motifs is 1. The number of rotatable bonds is 2. The quantitative estimate of drug-likeness (QED) is 0.768. The highest BCUT2D eigenvalue weighted by Crippen LogP contribution is 2.20. The second-order valence-corrected chi connectivity index (χ2v) is 3.83. The predicted octanol–water partition coefficient (Wildman–Crippen LogP) is 2.89. The van der Waals surface area contributed by atoms with Crippen molar-refractivity contribution in [1.82, 2.24) is 4.98 Å². The Morgan fingerprint density at radius 1 is 1.25 bits per heavy atom. The van der Waals surface area contributed by atoms with E-state index in [0.29, 0.717) is 5.69 Å². The molecule has 0 bridgehead atoms. The lowest BCUT2D eigenvalue weighted by molar-refractivity contribution is 0.243. The summed E-state index contributed by atoms with van der Waals surface area (Å²) in [7, 11) is 0. The maximum atomic E-state index is 8.73. The lowest BCUT2D eigenvalue weighted by atomic mass is 10.2. The van der Waals surface area contributed by atoms with Gasteiger partial charge >= 0.3 is 0 Å². The van der Waals surface area contributed by atoms with Crippen LogP contribution < -0.4 is 4.74 Å². The molecule has 16 heavy (non-hydrogen) atoms. The Bertz CT molecular complexity index is 555. The first-order chi connectivity index (χ1) is 7.69. The van der Waals surface area contributed by atoms with E-state index in [2.05, 4.69) is 4.98 Å². The minimum absolute atomic E-state index is 0.156. The molecule has 3 heteroatoms. The highest BCUT2D eigenvalue weighted by Gasteiger charge is 2.01. The van der Waals surface area contributed by atoms with Crippen molar-refractivity contribution in [2.75, 3.05) is 0 Å². The topological polar surface area (TPSA) is 45.9 Å². The fourth-order valence-corrected chi connectivity index (χ4v) is 1.51. The van der Waals surface area contributed by atoms with Crippen molar-refractivity contribution in [1.29, 1.82) is 5.26 Å². The summed E-state index contributed by atoms with van der Waals surface area (Å²) in [6.45, 7) is 3.97. The molecule has 0 spiro atoms. The second kappa shape index (κ2) is 4.19. The van der Waals surface area contributed by atoms with Crippen LogP contribution in [0.2, 0.25) is 0 Å². The molecule has 1 heterocycles. The zero-order valence-electron chi connectivity index (χ0n) is 9.27. The number of nitriles is 1. The van der Waals surface area contributed by atoms with Crippen molar-refractivity contribution in [3.63, 3.8) is 0 Å². The number of pyridine rings is 1. The highest BCUT2D eigenvalue weighted by atomic mass is 16.5. The van der Waals surface area contributed by atoms with Gasteiger partial charge in [0.1, 0.15) is 17.5 Å². The SMILES string of the molecule is CC(C)Oc1ccc2nc(C#N)ccc2c1. The molecular weight excluding hydrogens is 200 g/mol. The van der Waals surface area contributed by atoms with Crippen molar-refractivity contribution in [2.24, 2.45) is 0 Å². The van der Waals surface area contributed by atoms with Crippen LogP contribution in [0.1, 0.15) is 19.5 Å². The Hall–Kier alpha value is -2.08. The molecule has 0 unspecified atom stereocenters. The van der Waals surface area contributed by atoms with Gasteiger partial charge in [0.05, 0.1) is 11.6 Å². The standard InChI is InChI=1S/C13H12N2O/c1-9(2)16-12-5-6-13-10(7-12)3-4-11(8-14)15-13/h3-7,9H,1-2H3. The van der Waals surface area contributed by atoms with Gasteiger partial charge in [-0.3, -0.25) is 0 Å². The lowest BCUT2D eigenvalue weighted by Gasteiger charge is -2.09. The Kier molecular flexibility index (Phi) is 2.74. The average molecular weight is 212 g/mol. The molecule has 2 rings (SSSR count). The molecule has 0 atom stereocenters. The number of aromatic nitrogens is 1. The fourth-order valence-electron chi connectivity index (χ4n) is 1.51. The molecule has 0 saturated heterocycles. The van der Waals surface area contributed by atoms with Crippen LogP contribution in [0.4, 0.5) is 0 Å². The van der Waals surface area contributed by atoms with Crippen molar-refractivity contribution in [3.8, 4) is 11.8 Å². The third kappa shape index (κ3) is 2.12. The van der Waals surface area contributed by atoms with Crippen LogP contribution in [0.15, 0.2) is 30.3 Å². The van der Waals surface area contributed by atoms with E-state index < -0.39 is 0 Å². The Morgan fingerprint density at radius 3 is 2.75 bits per heavy atom. The zero-order valence-corrected chi connectivity index (χ0v) is 9.27. The Balaban J connectivity index is 2.44. The monoisotopic (exact) mass is 212 g/mol. The van der Waals surface area contributed by atoms with E-state index in [1.54, 1.807) is 6.07 Å². The Morgan fingerprint density at radius 2 is 2.06 bits per heavy atom. The number of nitrogens with zero attached hydrogens (tertiary/aromatic N) is 2. The van der Waals surface area contributed by atoms with Crippen LogP contribution in [-0.2, 0) is 0 Å². The molecule has 80 valence electrons. The smallest absolute Gasteiger partial charge is 0.141 e. The molecule has 0 N–H and O–H groups in total. The molecule has 0 aliphatic rings. The minimum Gasteiger partial charge on any atom is -0.491 e. The summed E-state index contributed by atoms with van der Waals surface area (Å²) in [5.41, 5.74) is 1.25. The van der Waals surface area contributed by atoms with Crippen LogP contribution >= 0.6 is 0 Å². The van der Waals surface area contributed by atoms with E-state index in [1.807, 2.05) is 44.2 Å². The molecule has 0 aliphatic heterocycles. The minimum atomic E-state index is 0.156. The summed E-state index contributed by atoms with van der Waals surface area (Å²) in [6, 6.07) is 11.3. The van der Waals surface area contributed by atoms with Gasteiger partial charge in [0.15, 0.2) is 0 Å². The normalized spacial score (nSPS) is 10.4. The first kappa shape index (κ1) is 10.4. The van der Waals surface area contributed by atoms with Gasteiger partial charge in [-0.2, -0.15) is 5.26 Å². The summed E-state index contributed by atoms with van der Waals surface area (Å²) < 4.78 is 5.59. The molecular formula is C13H12N2O. The van der Waals surface area contributed by atoms with Gasteiger partial charge in [-0.25, -0.2) is 4.98 Å². The van der Waals surface area contributed by atoms with E-state index in [1.165, 1.54) is 0 Å². The molecule has 0 amide bonds. The fraction of sp³-hybridized carbons (Fsp3) is 0.231. The maximum absolute atomic E-state index is 8.73. The molecule has 0 fully saturated rings. The van der Waals surface area contributed by atoms with Gasteiger partial charge in [0.25, 0.3) is 0 Å². The number of hydrogen-bond acceptors (Lipinski definition) is 3. The van der Waals surface area contributed by atoms with Crippen LogP contribution in [0.5, 0.6) is 5.75 Å². The highest BCUT2D eigenvalue weighted by molar-refractivity contribution is 5.80. The summed E-state index contributed by atoms with van der Waals surface area (Å²) >= 11 is 0. The van der Waals surface area contributed by atoms with E-state index >= 15 is 0 Å². The first-order valence-corrected chi connectivity index (χ1v) is 5.16. The van der Waals surface area contributed by atoms with Crippen molar-refractivity contribution >= 4 is 10.9 Å². The molecule has 0 radical (unpaired) electrons. The predicted molar refractivity (Wildman–Crippen MR) is 62.2 cm³/mol. The summed E-state index contributed by atoms with van der Waals surface area (Å²) in [6.07, 6.45) is 0.156. The third-order valence-electron chi connectivity index (χ3n) is 2.15. The molecule has 2 aromatic rings. The van der Waals surface area contributed by atoms with Crippen LogP contribution in [0.25, 0.3) is 10.9 Å². The summed E-state index contributed by atoms with van der Waals surface area (Å²) in [5.74, 6) is 0.828. The number of benzene rings is 1. The largest absolute Gasteiger partial charge is 0.491 e. The van der Waals surface area contributed by atoms with Crippen molar-refractivity contribution < 1.29 is 4.74 Å². The number of ether oxygens (including phenoxy) is 1. The molecule has 3 nitrogen and oxygen atoms in total. The molecule has 0 saturated carbocycles. The van der Waals surface area contributed by atoms with Gasteiger partial charge in [0.2, 0.25) is 0 Å². The van der Waals surface area contributed by atoms with Crippen LogP contribution in [0.3, 0.4) is 0 Å². The van der Waals surface area contributed by atoms with E-state index in [9.17, 15) is 0 Å². The molecule has 1 aromatic heterocycles. The zero-order chi connectivity index (χ0) is 11.5. The van der Waals surface area contributed by atoms with E-state index in [4.69, 9.17) is 10.00 Å². The van der Waals surface area contributed by atoms with Gasteiger partial charge < -0.3 is 4.74 Å². The van der Waals surface area contributed by atoms with Gasteiger partial charge in [0, 0.05) is 5.39 Å². The second-order valence-electron chi connectivity index (χ2n) is 3.83. The summed E-state index contributed by atoms with van der Waals surface area (Å²) in [4.78, 5) is 4.20. The summed E-state index contributed by atoms with van der Waals surface area (Å²) in [5, 5.41) is 9.72. The Labute approximate surface area is 94.3 Å². The average Bonchev–Trinajstić information content (AvgIpc) is 2.27. The van der Waals surface area contributed by atoms with Crippen LogP contribution in [-0.4, -0.2) is 11.1 Å². The van der Waals surface area contributed by atoms with E-state index in [0.717, 1.165) is 16.7 Å².